The summed E-state index contributed by atoms with van der Waals surface area (Å²) in [7, 11) is 0. The second-order valence-electron chi connectivity index (χ2n) is 4.86. The third kappa shape index (κ3) is 2.68. The van der Waals surface area contributed by atoms with Crippen LogP contribution in [0.15, 0.2) is 36.4 Å². The van der Waals surface area contributed by atoms with Gasteiger partial charge in [0.2, 0.25) is 6.79 Å². The number of carboxylic acids is 1. The third-order valence-corrected chi connectivity index (χ3v) is 3.50. The zero-order chi connectivity index (χ0) is 14.8. The van der Waals surface area contributed by atoms with E-state index >= 15 is 0 Å². The van der Waals surface area contributed by atoms with Crippen LogP contribution in [0.4, 0.5) is 0 Å². The molecule has 0 atom stereocenters. The molecule has 108 valence electrons. The van der Waals surface area contributed by atoms with E-state index in [1.807, 2.05) is 24.3 Å². The fourth-order valence-corrected chi connectivity index (χ4v) is 2.39. The Bertz CT molecular complexity index is 697. The van der Waals surface area contributed by atoms with Gasteiger partial charge in [-0.1, -0.05) is 12.1 Å². The van der Waals surface area contributed by atoms with Crippen LogP contribution in [0.3, 0.4) is 0 Å². The Hall–Kier alpha value is -2.53. The molecule has 0 bridgehead atoms. The molecule has 21 heavy (non-hydrogen) atoms. The lowest BCUT2D eigenvalue weighted by atomic mass is 9.97. The number of ether oxygens (including phenoxy) is 2. The summed E-state index contributed by atoms with van der Waals surface area (Å²) in [6.45, 7) is 0.557. The summed E-state index contributed by atoms with van der Waals surface area (Å²) in [5.41, 5.74) is 8.90. The minimum absolute atomic E-state index is 0.250. The average Bonchev–Trinajstić information content (AvgIpc) is 2.95. The molecule has 3 N–H and O–H groups in total. The first-order valence-electron chi connectivity index (χ1n) is 6.61. The molecule has 5 nitrogen and oxygen atoms in total. The maximum Gasteiger partial charge on any atom is 0.335 e. The van der Waals surface area contributed by atoms with E-state index in [1.54, 1.807) is 12.1 Å². The van der Waals surface area contributed by atoms with Crippen molar-refractivity contribution in [3.05, 3.63) is 58.7 Å². The summed E-state index contributed by atoms with van der Waals surface area (Å²) in [4.78, 5) is 11.0. The van der Waals surface area contributed by atoms with Crippen molar-refractivity contribution in [3.63, 3.8) is 0 Å². The van der Waals surface area contributed by atoms with Gasteiger partial charge in [0.05, 0.1) is 5.56 Å². The first kappa shape index (κ1) is 13.5. The number of hydrogen-bond donors (Lipinski definition) is 2. The number of hydrogen-bond acceptors (Lipinski definition) is 4. The van der Waals surface area contributed by atoms with Gasteiger partial charge in [0, 0.05) is 6.54 Å². The highest BCUT2D eigenvalue weighted by atomic mass is 16.7. The Morgan fingerprint density at radius 1 is 1.10 bits per heavy atom. The van der Waals surface area contributed by atoms with Crippen LogP contribution in [-0.2, 0) is 13.0 Å². The molecule has 0 unspecified atom stereocenters. The predicted octanol–water partition coefficient (Wildman–Crippen LogP) is 2.16. The van der Waals surface area contributed by atoms with Gasteiger partial charge in [0.25, 0.3) is 0 Å². The quantitative estimate of drug-likeness (QED) is 0.899. The van der Waals surface area contributed by atoms with Gasteiger partial charge in [-0.2, -0.15) is 0 Å². The second-order valence-corrected chi connectivity index (χ2v) is 4.86. The molecule has 1 aliphatic heterocycles. The number of nitrogens with two attached hydrogens (primary N) is 1. The third-order valence-electron chi connectivity index (χ3n) is 3.50. The van der Waals surface area contributed by atoms with Crippen molar-refractivity contribution in [1.82, 2.24) is 0 Å². The van der Waals surface area contributed by atoms with Gasteiger partial charge >= 0.3 is 5.97 Å². The SMILES string of the molecule is NCc1cc(C(=O)O)ccc1Cc1ccc2c(c1)OCO2. The molecule has 0 fully saturated rings. The van der Waals surface area contributed by atoms with Gasteiger partial charge in [-0.3, -0.25) is 0 Å². The first-order chi connectivity index (χ1) is 10.2. The fraction of sp³-hybridized carbons (Fsp3) is 0.188. The molecule has 3 rings (SSSR count). The predicted molar refractivity (Wildman–Crippen MR) is 76.7 cm³/mol. The van der Waals surface area contributed by atoms with Gasteiger partial charge in [-0.25, -0.2) is 4.79 Å². The van der Waals surface area contributed by atoms with Crippen LogP contribution in [-0.4, -0.2) is 17.9 Å². The molecule has 0 aromatic heterocycles. The maximum absolute atomic E-state index is 11.0. The van der Waals surface area contributed by atoms with Crippen molar-refractivity contribution in [3.8, 4) is 11.5 Å². The summed E-state index contributed by atoms with van der Waals surface area (Å²) in [5, 5.41) is 9.02. The molecular weight excluding hydrogens is 270 g/mol. The monoisotopic (exact) mass is 285 g/mol. The van der Waals surface area contributed by atoms with Crippen LogP contribution in [0.1, 0.15) is 27.0 Å². The van der Waals surface area contributed by atoms with E-state index < -0.39 is 5.97 Å². The van der Waals surface area contributed by atoms with E-state index in [1.165, 1.54) is 0 Å². The molecular formula is C16H15NO4. The molecule has 0 aliphatic carbocycles. The molecule has 0 amide bonds. The lowest BCUT2D eigenvalue weighted by Gasteiger charge is -2.10. The highest BCUT2D eigenvalue weighted by Crippen LogP contribution is 2.33. The minimum Gasteiger partial charge on any atom is -0.478 e. The van der Waals surface area contributed by atoms with Crippen LogP contribution < -0.4 is 15.2 Å². The van der Waals surface area contributed by atoms with E-state index in [0.717, 1.165) is 28.2 Å². The number of carbonyl (C=O) groups is 1. The lowest BCUT2D eigenvalue weighted by molar-refractivity contribution is 0.0696. The van der Waals surface area contributed by atoms with Crippen LogP contribution in [0, 0.1) is 0 Å². The summed E-state index contributed by atoms with van der Waals surface area (Å²) < 4.78 is 10.6. The smallest absolute Gasteiger partial charge is 0.335 e. The molecule has 0 saturated heterocycles. The molecule has 5 heteroatoms. The van der Waals surface area contributed by atoms with Crippen LogP contribution >= 0.6 is 0 Å². The van der Waals surface area contributed by atoms with Crippen molar-refractivity contribution in [1.29, 1.82) is 0 Å². The van der Waals surface area contributed by atoms with E-state index in [9.17, 15) is 4.79 Å². The zero-order valence-corrected chi connectivity index (χ0v) is 11.3. The number of rotatable bonds is 4. The standard InChI is InChI=1S/C16H15NO4/c17-8-13-7-12(16(18)19)3-2-11(13)5-10-1-4-14-15(6-10)21-9-20-14/h1-4,6-7H,5,8-9,17H2,(H,18,19). The molecule has 0 saturated carbocycles. The highest BCUT2D eigenvalue weighted by Gasteiger charge is 2.14. The van der Waals surface area contributed by atoms with Crippen molar-refractivity contribution in [2.75, 3.05) is 6.79 Å². The van der Waals surface area contributed by atoms with Gasteiger partial charge in [-0.05, 0) is 47.4 Å². The molecule has 0 radical (unpaired) electrons. The summed E-state index contributed by atoms with van der Waals surface area (Å²) in [6.07, 6.45) is 0.670. The Morgan fingerprint density at radius 3 is 2.67 bits per heavy atom. The van der Waals surface area contributed by atoms with Crippen molar-refractivity contribution >= 4 is 5.97 Å². The van der Waals surface area contributed by atoms with E-state index in [2.05, 4.69) is 0 Å². The van der Waals surface area contributed by atoms with E-state index in [-0.39, 0.29) is 12.4 Å². The van der Waals surface area contributed by atoms with E-state index in [4.69, 9.17) is 20.3 Å². The Balaban J connectivity index is 1.89. The van der Waals surface area contributed by atoms with Crippen LogP contribution in [0.25, 0.3) is 0 Å². The number of carboxylic acid groups (broad SMARTS) is 1. The van der Waals surface area contributed by atoms with Gasteiger partial charge in [0.1, 0.15) is 0 Å². The van der Waals surface area contributed by atoms with Crippen LogP contribution in [0.2, 0.25) is 0 Å². The molecule has 1 aliphatic rings. The largest absolute Gasteiger partial charge is 0.478 e. The number of aromatic carboxylic acids is 1. The molecule has 1 heterocycles. The number of fused-ring (bicyclic) bond motifs is 1. The van der Waals surface area contributed by atoms with Crippen molar-refractivity contribution in [2.45, 2.75) is 13.0 Å². The highest BCUT2D eigenvalue weighted by molar-refractivity contribution is 5.87. The first-order valence-corrected chi connectivity index (χ1v) is 6.61. The summed E-state index contributed by atoms with van der Waals surface area (Å²) in [6, 6.07) is 10.8. The van der Waals surface area contributed by atoms with Crippen molar-refractivity contribution in [2.24, 2.45) is 5.73 Å². The lowest BCUT2D eigenvalue weighted by Crippen LogP contribution is -2.06. The van der Waals surface area contributed by atoms with Gasteiger partial charge < -0.3 is 20.3 Å². The van der Waals surface area contributed by atoms with Crippen LogP contribution in [0.5, 0.6) is 11.5 Å². The summed E-state index contributed by atoms with van der Waals surface area (Å²) >= 11 is 0. The Morgan fingerprint density at radius 2 is 1.90 bits per heavy atom. The molecule has 2 aromatic carbocycles. The van der Waals surface area contributed by atoms with E-state index in [0.29, 0.717) is 13.0 Å². The van der Waals surface area contributed by atoms with Gasteiger partial charge in [-0.15, -0.1) is 0 Å². The normalized spacial score (nSPS) is 12.4. The zero-order valence-electron chi connectivity index (χ0n) is 11.3. The Labute approximate surface area is 121 Å². The fourth-order valence-electron chi connectivity index (χ4n) is 2.39. The second kappa shape index (κ2) is 5.46. The van der Waals surface area contributed by atoms with Gasteiger partial charge in [0.15, 0.2) is 11.5 Å². The maximum atomic E-state index is 11.0. The average molecular weight is 285 g/mol. The topological polar surface area (TPSA) is 81.8 Å². The number of benzene rings is 2. The Kier molecular flexibility index (Phi) is 3.50. The summed E-state index contributed by atoms with van der Waals surface area (Å²) in [5.74, 6) is 0.544. The van der Waals surface area contributed by atoms with Crippen molar-refractivity contribution < 1.29 is 19.4 Å². The molecule has 2 aromatic rings. The minimum atomic E-state index is -0.945. The molecule has 0 spiro atoms.